The van der Waals surface area contributed by atoms with E-state index in [0.717, 1.165) is 38.6 Å². The molecule has 0 bridgehead atoms. The first-order chi connectivity index (χ1) is 12.0. The monoisotopic (exact) mass is 371 g/mol. The number of nitrogens with zero attached hydrogens (tertiary/aromatic N) is 2. The van der Waals surface area contributed by atoms with Gasteiger partial charge in [0.1, 0.15) is 0 Å². The lowest BCUT2D eigenvalue weighted by Crippen LogP contribution is -2.62. The molecule has 2 atom stereocenters. The Labute approximate surface area is 152 Å². The Bertz CT molecular complexity index is 574. The first kappa shape index (κ1) is 19.1. The first-order valence-electron chi connectivity index (χ1n) is 10.00. The Kier molecular flexibility index (Phi) is 6.06. The molecule has 1 amide bonds. The second-order valence-corrected chi connectivity index (χ2v) is 9.89. The highest BCUT2D eigenvalue weighted by molar-refractivity contribution is 7.89. The van der Waals surface area contributed by atoms with Gasteiger partial charge in [0.25, 0.3) is 0 Å². The lowest BCUT2D eigenvalue weighted by molar-refractivity contribution is -0.137. The second kappa shape index (κ2) is 7.92. The molecule has 3 fully saturated rings. The van der Waals surface area contributed by atoms with Crippen LogP contribution in [0.3, 0.4) is 0 Å². The SMILES string of the molecule is CCN1[C@@H]2CCCC[C@@]2(C(=O)NCCCN2CCCC2)CCS1(=O)=O. The number of sulfonamides is 1. The molecule has 1 N–H and O–H groups in total. The van der Waals surface area contributed by atoms with Crippen LogP contribution in [0, 0.1) is 5.41 Å². The van der Waals surface area contributed by atoms with Crippen molar-refractivity contribution in [3.8, 4) is 0 Å². The minimum absolute atomic E-state index is 0.0898. The highest BCUT2D eigenvalue weighted by atomic mass is 32.2. The van der Waals surface area contributed by atoms with E-state index < -0.39 is 15.4 Å². The minimum Gasteiger partial charge on any atom is -0.356 e. The van der Waals surface area contributed by atoms with Crippen LogP contribution in [0.5, 0.6) is 0 Å². The van der Waals surface area contributed by atoms with Gasteiger partial charge in [0, 0.05) is 19.1 Å². The largest absolute Gasteiger partial charge is 0.356 e. The zero-order chi connectivity index (χ0) is 17.9. The van der Waals surface area contributed by atoms with E-state index in [1.54, 1.807) is 4.31 Å². The minimum atomic E-state index is -3.21. The normalized spacial score (nSPS) is 33.1. The van der Waals surface area contributed by atoms with E-state index in [4.69, 9.17) is 0 Å². The van der Waals surface area contributed by atoms with Crippen LogP contribution in [0.15, 0.2) is 0 Å². The van der Waals surface area contributed by atoms with E-state index in [9.17, 15) is 13.2 Å². The summed E-state index contributed by atoms with van der Waals surface area (Å²) in [6, 6.07) is -0.149. The molecule has 0 spiro atoms. The lowest BCUT2D eigenvalue weighted by atomic mass is 9.67. The summed E-state index contributed by atoms with van der Waals surface area (Å²) in [5.41, 5.74) is -0.507. The highest BCUT2D eigenvalue weighted by Gasteiger charge is 2.54. The van der Waals surface area contributed by atoms with Crippen LogP contribution in [0.2, 0.25) is 0 Å². The van der Waals surface area contributed by atoms with Gasteiger partial charge < -0.3 is 10.2 Å². The van der Waals surface area contributed by atoms with E-state index in [0.29, 0.717) is 19.5 Å². The van der Waals surface area contributed by atoms with E-state index in [-0.39, 0.29) is 17.7 Å². The summed E-state index contributed by atoms with van der Waals surface area (Å²) in [5.74, 6) is 0.199. The first-order valence-corrected chi connectivity index (χ1v) is 11.6. The van der Waals surface area contributed by atoms with Crippen LogP contribution >= 0.6 is 0 Å². The standard InChI is InChI=1S/C18H33N3O3S/c1-2-21-16-8-3-4-9-18(16,10-15-25(21,23)24)17(22)19-11-7-14-20-12-5-6-13-20/h16H,2-15H2,1H3,(H,19,22)/t16-,18-/m1/s1. The molecule has 3 rings (SSSR count). The summed E-state index contributed by atoms with van der Waals surface area (Å²) in [4.78, 5) is 15.5. The van der Waals surface area contributed by atoms with Gasteiger partial charge in [-0.25, -0.2) is 8.42 Å². The van der Waals surface area contributed by atoms with Gasteiger partial charge in [0.2, 0.25) is 15.9 Å². The van der Waals surface area contributed by atoms with Gasteiger partial charge in [-0.15, -0.1) is 0 Å². The molecule has 144 valence electrons. The molecule has 6 nitrogen and oxygen atoms in total. The third kappa shape index (κ3) is 3.88. The average molecular weight is 372 g/mol. The molecule has 3 aliphatic rings. The van der Waals surface area contributed by atoms with Crippen LogP contribution in [0.4, 0.5) is 0 Å². The van der Waals surface area contributed by atoms with Gasteiger partial charge in [-0.3, -0.25) is 4.79 Å². The van der Waals surface area contributed by atoms with Crippen molar-refractivity contribution < 1.29 is 13.2 Å². The summed E-state index contributed by atoms with van der Waals surface area (Å²) >= 11 is 0. The fraction of sp³-hybridized carbons (Fsp3) is 0.944. The van der Waals surface area contributed by atoms with E-state index >= 15 is 0 Å². The van der Waals surface area contributed by atoms with Crippen molar-refractivity contribution in [3.63, 3.8) is 0 Å². The number of rotatable bonds is 6. The van der Waals surface area contributed by atoms with Crippen molar-refractivity contribution in [2.24, 2.45) is 5.41 Å². The van der Waals surface area contributed by atoms with Gasteiger partial charge in [-0.1, -0.05) is 19.8 Å². The number of carbonyl (C=O) groups excluding carboxylic acids is 1. The Morgan fingerprint density at radius 1 is 1.16 bits per heavy atom. The smallest absolute Gasteiger partial charge is 0.227 e. The van der Waals surface area contributed by atoms with E-state index in [1.807, 2.05) is 6.92 Å². The molecule has 0 aromatic carbocycles. The Balaban J connectivity index is 1.61. The summed E-state index contributed by atoms with van der Waals surface area (Å²) in [5, 5.41) is 3.15. The third-order valence-electron chi connectivity index (χ3n) is 6.40. The van der Waals surface area contributed by atoms with Crippen LogP contribution in [0.1, 0.15) is 58.3 Å². The van der Waals surface area contributed by atoms with Crippen molar-refractivity contribution in [1.82, 2.24) is 14.5 Å². The molecule has 0 aromatic rings. The molecule has 2 saturated heterocycles. The highest BCUT2D eigenvalue weighted by Crippen LogP contribution is 2.46. The molecule has 0 aromatic heterocycles. The fourth-order valence-corrected chi connectivity index (χ4v) is 6.98. The van der Waals surface area contributed by atoms with Gasteiger partial charge in [0.15, 0.2) is 0 Å². The Morgan fingerprint density at radius 3 is 2.64 bits per heavy atom. The molecule has 0 radical (unpaired) electrons. The van der Waals surface area contributed by atoms with Gasteiger partial charge in [-0.05, 0) is 58.2 Å². The van der Waals surface area contributed by atoms with Crippen LogP contribution in [-0.4, -0.2) is 68.0 Å². The summed E-state index contributed by atoms with van der Waals surface area (Å²) < 4.78 is 26.5. The maximum Gasteiger partial charge on any atom is 0.227 e. The number of fused-ring (bicyclic) bond motifs is 1. The number of nitrogens with one attached hydrogen (secondary N) is 1. The third-order valence-corrected chi connectivity index (χ3v) is 8.35. The van der Waals surface area contributed by atoms with Gasteiger partial charge in [-0.2, -0.15) is 4.31 Å². The van der Waals surface area contributed by atoms with Crippen molar-refractivity contribution in [2.75, 3.05) is 38.5 Å². The van der Waals surface area contributed by atoms with Crippen molar-refractivity contribution in [1.29, 1.82) is 0 Å². The fourth-order valence-electron chi connectivity index (χ4n) is 5.04. The van der Waals surface area contributed by atoms with Crippen LogP contribution in [-0.2, 0) is 14.8 Å². The van der Waals surface area contributed by atoms with Crippen molar-refractivity contribution in [3.05, 3.63) is 0 Å². The summed E-state index contributed by atoms with van der Waals surface area (Å²) in [6.45, 7) is 6.47. The molecular formula is C18H33N3O3S. The van der Waals surface area contributed by atoms with Gasteiger partial charge >= 0.3 is 0 Å². The van der Waals surface area contributed by atoms with Gasteiger partial charge in [0.05, 0.1) is 11.2 Å². The Morgan fingerprint density at radius 2 is 1.92 bits per heavy atom. The maximum absolute atomic E-state index is 13.1. The number of hydrogen-bond acceptors (Lipinski definition) is 4. The quantitative estimate of drug-likeness (QED) is 0.720. The molecule has 0 unspecified atom stereocenters. The topological polar surface area (TPSA) is 69.7 Å². The molecule has 1 aliphatic carbocycles. The number of amides is 1. The molecule has 1 saturated carbocycles. The Hall–Kier alpha value is -0.660. The second-order valence-electron chi connectivity index (χ2n) is 7.85. The predicted molar refractivity (Wildman–Crippen MR) is 98.8 cm³/mol. The number of carbonyl (C=O) groups is 1. The molecule has 7 heteroatoms. The van der Waals surface area contributed by atoms with E-state index in [1.165, 1.54) is 25.9 Å². The summed E-state index contributed by atoms with van der Waals surface area (Å²) in [7, 11) is -3.21. The predicted octanol–water partition coefficient (Wildman–Crippen LogP) is 1.57. The zero-order valence-corrected chi connectivity index (χ0v) is 16.3. The molecule has 2 aliphatic heterocycles. The zero-order valence-electron chi connectivity index (χ0n) is 15.5. The molecule has 2 heterocycles. The number of hydrogen-bond donors (Lipinski definition) is 1. The molecule has 25 heavy (non-hydrogen) atoms. The lowest BCUT2D eigenvalue weighted by Gasteiger charge is -2.50. The van der Waals surface area contributed by atoms with E-state index in [2.05, 4.69) is 10.2 Å². The summed E-state index contributed by atoms with van der Waals surface area (Å²) in [6.07, 6.45) is 7.71. The number of likely N-dealkylation sites (tertiary alicyclic amines) is 1. The van der Waals surface area contributed by atoms with Crippen LogP contribution < -0.4 is 5.32 Å². The van der Waals surface area contributed by atoms with Crippen molar-refractivity contribution in [2.45, 2.75) is 64.3 Å². The average Bonchev–Trinajstić information content (AvgIpc) is 3.11. The maximum atomic E-state index is 13.1. The molecular weight excluding hydrogens is 338 g/mol. The van der Waals surface area contributed by atoms with Crippen molar-refractivity contribution >= 4 is 15.9 Å². The van der Waals surface area contributed by atoms with Crippen LogP contribution in [0.25, 0.3) is 0 Å².